The van der Waals surface area contributed by atoms with Crippen LogP contribution in [-0.2, 0) is 0 Å². The predicted octanol–water partition coefficient (Wildman–Crippen LogP) is 4.54. The number of nitrogens with zero attached hydrogens (tertiary/aromatic N) is 3. The molecule has 3 aromatic rings. The smallest absolute Gasteiger partial charge is 0.266 e. The molecule has 0 atom stereocenters. The maximum Gasteiger partial charge on any atom is 0.266 e. The number of fused-ring (bicyclic) bond motifs is 1. The molecule has 9 heteroatoms. The summed E-state index contributed by atoms with van der Waals surface area (Å²) < 4.78 is 5.84. The number of anilines is 4. The van der Waals surface area contributed by atoms with E-state index < -0.39 is 0 Å². The van der Waals surface area contributed by atoms with E-state index in [-0.39, 0.29) is 12.6 Å². The summed E-state index contributed by atoms with van der Waals surface area (Å²) in [4.78, 5) is 21.2. The number of rotatable bonds is 4. The zero-order valence-electron chi connectivity index (χ0n) is 17.1. The Labute approximate surface area is 195 Å². The van der Waals surface area contributed by atoms with Crippen LogP contribution in [-0.4, -0.2) is 43.8 Å². The van der Waals surface area contributed by atoms with Gasteiger partial charge in [-0.25, -0.2) is 4.98 Å². The number of para-hydroxylation sites is 1. The molecule has 2 N–H and O–H groups in total. The lowest BCUT2D eigenvalue weighted by molar-refractivity contribution is 0.0936. The van der Waals surface area contributed by atoms with Gasteiger partial charge in [0.2, 0.25) is 0 Å². The molecule has 1 fully saturated rings. The minimum atomic E-state index is -0.263. The molecule has 5 rings (SSSR count). The molecular weight excluding hydrogens is 449 g/mol. The third kappa shape index (κ3) is 4.07. The SMILES string of the molecule is O=C1c2cnc(Nc3ccc(N4CCNCC4)cc3)cc2OCN1c1c(Cl)cccc1Cl. The summed E-state index contributed by atoms with van der Waals surface area (Å²) in [6, 6.07) is 15.1. The normalized spacial score (nSPS) is 15.9. The molecule has 1 amide bonds. The molecule has 2 aromatic carbocycles. The highest BCUT2D eigenvalue weighted by molar-refractivity contribution is 6.40. The summed E-state index contributed by atoms with van der Waals surface area (Å²) in [6.07, 6.45) is 1.51. The first-order valence-electron chi connectivity index (χ1n) is 10.3. The second-order valence-corrected chi connectivity index (χ2v) is 8.37. The van der Waals surface area contributed by atoms with Crippen LogP contribution in [0.25, 0.3) is 0 Å². The van der Waals surface area contributed by atoms with Crippen molar-refractivity contribution < 1.29 is 9.53 Å². The second-order valence-electron chi connectivity index (χ2n) is 7.55. The average Bonchev–Trinajstić information content (AvgIpc) is 2.81. The molecule has 164 valence electrons. The standard InChI is InChI=1S/C23H21Cl2N5O2/c24-18-2-1-3-19(25)22(18)30-14-32-20-12-21(27-13-17(20)23(30)31)28-15-4-6-16(7-5-15)29-10-8-26-9-11-29/h1-7,12-13,26H,8-11,14H2,(H,27,28). The highest BCUT2D eigenvalue weighted by atomic mass is 35.5. The van der Waals surface area contributed by atoms with E-state index in [4.69, 9.17) is 27.9 Å². The minimum Gasteiger partial charge on any atom is -0.472 e. The van der Waals surface area contributed by atoms with Crippen LogP contribution < -0.4 is 25.2 Å². The van der Waals surface area contributed by atoms with Crippen molar-refractivity contribution in [3.05, 3.63) is 70.3 Å². The predicted molar refractivity (Wildman–Crippen MR) is 128 cm³/mol. The second kappa shape index (κ2) is 8.86. The van der Waals surface area contributed by atoms with E-state index in [1.54, 1.807) is 24.3 Å². The third-order valence-corrected chi connectivity index (χ3v) is 6.13. The number of pyridine rings is 1. The van der Waals surface area contributed by atoms with Gasteiger partial charge < -0.3 is 20.3 Å². The van der Waals surface area contributed by atoms with Crippen molar-refractivity contribution in [1.82, 2.24) is 10.3 Å². The van der Waals surface area contributed by atoms with Crippen molar-refractivity contribution in [3.63, 3.8) is 0 Å². The Kier molecular flexibility index (Phi) is 5.78. The number of benzene rings is 2. The Bertz CT molecular complexity index is 1130. The largest absolute Gasteiger partial charge is 0.472 e. The molecule has 1 saturated heterocycles. The Morgan fingerprint density at radius 1 is 1.03 bits per heavy atom. The van der Waals surface area contributed by atoms with Gasteiger partial charge in [0.25, 0.3) is 5.91 Å². The quantitative estimate of drug-likeness (QED) is 0.584. The zero-order valence-corrected chi connectivity index (χ0v) is 18.7. The van der Waals surface area contributed by atoms with Gasteiger partial charge in [0.1, 0.15) is 17.1 Å². The number of carbonyl (C=O) groups is 1. The van der Waals surface area contributed by atoms with Crippen LogP contribution in [0.4, 0.5) is 22.9 Å². The van der Waals surface area contributed by atoms with E-state index >= 15 is 0 Å². The van der Waals surface area contributed by atoms with E-state index in [9.17, 15) is 4.79 Å². The number of ether oxygens (including phenoxy) is 1. The van der Waals surface area contributed by atoms with Crippen LogP contribution in [0, 0.1) is 0 Å². The summed E-state index contributed by atoms with van der Waals surface area (Å²) in [7, 11) is 0. The van der Waals surface area contributed by atoms with Gasteiger partial charge in [-0.2, -0.15) is 0 Å². The van der Waals surface area contributed by atoms with Gasteiger partial charge >= 0.3 is 0 Å². The van der Waals surface area contributed by atoms with Crippen molar-refractivity contribution in [2.24, 2.45) is 0 Å². The van der Waals surface area contributed by atoms with E-state index in [0.29, 0.717) is 32.9 Å². The molecule has 1 aromatic heterocycles. The van der Waals surface area contributed by atoms with Crippen LogP contribution in [0.5, 0.6) is 5.75 Å². The van der Waals surface area contributed by atoms with Gasteiger partial charge in [-0.1, -0.05) is 29.3 Å². The number of piperazine rings is 1. The Balaban J connectivity index is 1.32. The molecule has 2 aliphatic heterocycles. The number of carbonyl (C=O) groups excluding carboxylic acids is 1. The number of halogens is 2. The fraction of sp³-hybridized carbons (Fsp3) is 0.217. The maximum atomic E-state index is 13.0. The van der Waals surface area contributed by atoms with E-state index in [1.165, 1.54) is 16.8 Å². The number of hydrogen-bond donors (Lipinski definition) is 2. The van der Waals surface area contributed by atoms with Crippen LogP contribution in [0.1, 0.15) is 10.4 Å². The highest BCUT2D eigenvalue weighted by Crippen LogP contribution is 2.37. The first-order chi connectivity index (χ1) is 15.6. The topological polar surface area (TPSA) is 69.7 Å². The molecule has 0 spiro atoms. The van der Waals surface area contributed by atoms with Crippen LogP contribution >= 0.6 is 23.2 Å². The number of amides is 1. The van der Waals surface area contributed by atoms with Gasteiger partial charge in [0.15, 0.2) is 6.73 Å². The summed E-state index contributed by atoms with van der Waals surface area (Å²) in [5, 5.41) is 7.40. The van der Waals surface area contributed by atoms with Crippen molar-refractivity contribution in [2.45, 2.75) is 0 Å². The molecule has 0 radical (unpaired) electrons. The van der Waals surface area contributed by atoms with Gasteiger partial charge in [-0.3, -0.25) is 9.69 Å². The summed E-state index contributed by atoms with van der Waals surface area (Å²) in [5.74, 6) is 0.792. The van der Waals surface area contributed by atoms with Crippen molar-refractivity contribution in [1.29, 1.82) is 0 Å². The van der Waals surface area contributed by atoms with Gasteiger partial charge in [0.05, 0.1) is 15.7 Å². The first kappa shape index (κ1) is 20.9. The molecule has 0 bridgehead atoms. The van der Waals surface area contributed by atoms with Crippen LogP contribution in [0.3, 0.4) is 0 Å². The van der Waals surface area contributed by atoms with Gasteiger partial charge in [-0.05, 0) is 36.4 Å². The number of hydrogen-bond acceptors (Lipinski definition) is 6. The summed E-state index contributed by atoms with van der Waals surface area (Å²) >= 11 is 12.5. The zero-order chi connectivity index (χ0) is 22.1. The molecule has 2 aliphatic rings. The van der Waals surface area contributed by atoms with Gasteiger partial charge in [-0.15, -0.1) is 0 Å². The lowest BCUT2D eigenvalue weighted by atomic mass is 10.1. The minimum absolute atomic E-state index is 0.0120. The number of aromatic nitrogens is 1. The summed E-state index contributed by atoms with van der Waals surface area (Å²) in [6.45, 7) is 4.01. The monoisotopic (exact) mass is 469 g/mol. The lowest BCUT2D eigenvalue weighted by Gasteiger charge is -2.30. The van der Waals surface area contributed by atoms with Crippen molar-refractivity contribution in [2.75, 3.05) is 48.0 Å². The fourth-order valence-corrected chi connectivity index (χ4v) is 4.46. The summed E-state index contributed by atoms with van der Waals surface area (Å²) in [5.41, 5.74) is 2.88. The molecule has 0 unspecified atom stereocenters. The first-order valence-corrected chi connectivity index (χ1v) is 11.1. The van der Waals surface area contributed by atoms with E-state index in [0.717, 1.165) is 31.9 Å². The number of nitrogens with one attached hydrogen (secondary N) is 2. The fourth-order valence-electron chi connectivity index (χ4n) is 3.86. The molecular formula is C23H21Cl2N5O2. The van der Waals surface area contributed by atoms with Crippen LogP contribution in [0.15, 0.2) is 54.7 Å². The maximum absolute atomic E-state index is 13.0. The Hall–Kier alpha value is -3.00. The average molecular weight is 470 g/mol. The Morgan fingerprint density at radius 3 is 2.47 bits per heavy atom. The van der Waals surface area contributed by atoms with Crippen molar-refractivity contribution in [3.8, 4) is 5.75 Å². The molecule has 3 heterocycles. The molecule has 0 saturated carbocycles. The van der Waals surface area contributed by atoms with E-state index in [1.807, 2.05) is 12.1 Å². The molecule has 0 aliphatic carbocycles. The van der Waals surface area contributed by atoms with E-state index in [2.05, 4.69) is 32.7 Å². The van der Waals surface area contributed by atoms with Gasteiger partial charge in [0, 0.05) is 49.8 Å². The van der Waals surface area contributed by atoms with Crippen LogP contribution in [0.2, 0.25) is 10.0 Å². The van der Waals surface area contributed by atoms with Crippen molar-refractivity contribution >= 4 is 52.0 Å². The highest BCUT2D eigenvalue weighted by Gasteiger charge is 2.30. The Morgan fingerprint density at radius 2 is 1.75 bits per heavy atom. The lowest BCUT2D eigenvalue weighted by Crippen LogP contribution is -2.43. The molecule has 32 heavy (non-hydrogen) atoms. The third-order valence-electron chi connectivity index (χ3n) is 5.52. The molecule has 7 nitrogen and oxygen atoms in total.